The zero-order chi connectivity index (χ0) is 18.0. The Morgan fingerprint density at radius 2 is 1.72 bits per heavy atom. The summed E-state index contributed by atoms with van der Waals surface area (Å²) in [5.41, 5.74) is 0.988. The van der Waals surface area contributed by atoms with Gasteiger partial charge in [0.15, 0.2) is 11.6 Å². The molecule has 2 aromatic rings. The number of carbonyl (C=O) groups excluding carboxylic acids is 2. The minimum absolute atomic E-state index is 0.171. The lowest BCUT2D eigenvalue weighted by Gasteiger charge is -2.07. The minimum Gasteiger partial charge on any atom is -0.347 e. The largest absolute Gasteiger partial charge is 0.347 e. The molecule has 1 aliphatic rings. The lowest BCUT2D eigenvalue weighted by molar-refractivity contribution is -0.125. The first-order valence-electron chi connectivity index (χ1n) is 7.72. The molecular formula is C18H15F3N2O2. The molecule has 2 N–H and O–H groups in total. The normalized spacial score (nSPS) is 18.5. The van der Waals surface area contributed by atoms with Crippen LogP contribution in [-0.4, -0.2) is 18.4 Å². The summed E-state index contributed by atoms with van der Waals surface area (Å²) in [7, 11) is 0. The summed E-state index contributed by atoms with van der Waals surface area (Å²) in [6, 6.07) is 8.83. The Kier molecular flexibility index (Phi) is 4.74. The number of amides is 2. The fourth-order valence-corrected chi connectivity index (χ4v) is 2.63. The van der Waals surface area contributed by atoms with Crippen molar-refractivity contribution in [1.29, 1.82) is 0 Å². The van der Waals surface area contributed by atoms with Crippen LogP contribution >= 0.6 is 0 Å². The lowest BCUT2D eigenvalue weighted by Crippen LogP contribution is -2.34. The van der Waals surface area contributed by atoms with E-state index >= 15 is 0 Å². The maximum atomic E-state index is 13.2. The highest BCUT2D eigenvalue weighted by Gasteiger charge is 2.44. The molecule has 2 amide bonds. The van der Waals surface area contributed by atoms with E-state index in [9.17, 15) is 22.8 Å². The predicted molar refractivity (Wildman–Crippen MR) is 85.2 cm³/mol. The van der Waals surface area contributed by atoms with Crippen LogP contribution < -0.4 is 10.6 Å². The number of halogens is 3. The summed E-state index contributed by atoms with van der Waals surface area (Å²) < 4.78 is 38.9. The molecule has 0 heterocycles. The van der Waals surface area contributed by atoms with Crippen LogP contribution in [0.4, 0.5) is 18.9 Å². The molecule has 0 spiro atoms. The Labute approximate surface area is 142 Å². The summed E-state index contributed by atoms with van der Waals surface area (Å²) in [5.74, 6) is -3.57. The minimum atomic E-state index is -0.942. The van der Waals surface area contributed by atoms with Gasteiger partial charge in [-0.25, -0.2) is 13.2 Å². The van der Waals surface area contributed by atoms with Gasteiger partial charge < -0.3 is 10.6 Å². The third-order valence-corrected chi connectivity index (χ3v) is 4.05. The second-order valence-electron chi connectivity index (χ2n) is 5.90. The summed E-state index contributed by atoms with van der Waals surface area (Å²) >= 11 is 0. The average Bonchev–Trinajstić information content (AvgIpc) is 3.38. The first-order chi connectivity index (χ1) is 11.9. The van der Waals surface area contributed by atoms with Crippen molar-refractivity contribution in [2.45, 2.75) is 12.3 Å². The van der Waals surface area contributed by atoms with Crippen molar-refractivity contribution in [2.75, 3.05) is 11.9 Å². The molecule has 2 aromatic carbocycles. The van der Waals surface area contributed by atoms with Gasteiger partial charge in [-0.2, -0.15) is 0 Å². The number of benzene rings is 2. The van der Waals surface area contributed by atoms with Crippen LogP contribution in [0.15, 0.2) is 42.5 Å². The zero-order valence-electron chi connectivity index (χ0n) is 13.1. The van der Waals surface area contributed by atoms with E-state index in [0.29, 0.717) is 17.7 Å². The fourth-order valence-electron chi connectivity index (χ4n) is 2.63. The standard InChI is InChI=1S/C18H15F3N2O2/c19-11-2-4-12(5-3-11)23-17(24)9-22-18(25)14-8-13(14)10-1-6-15(20)16(21)7-10/h1-7,13-14H,8-9H2,(H,22,25)(H,23,24)/t13-,14-/m1/s1. The first-order valence-corrected chi connectivity index (χ1v) is 7.72. The van der Waals surface area contributed by atoms with Gasteiger partial charge in [0.2, 0.25) is 11.8 Å². The van der Waals surface area contributed by atoms with Gasteiger partial charge in [0.1, 0.15) is 5.82 Å². The topological polar surface area (TPSA) is 58.2 Å². The molecule has 1 fully saturated rings. The van der Waals surface area contributed by atoms with E-state index in [0.717, 1.165) is 12.1 Å². The van der Waals surface area contributed by atoms with Crippen LogP contribution in [0.3, 0.4) is 0 Å². The van der Waals surface area contributed by atoms with Crippen molar-refractivity contribution in [3.63, 3.8) is 0 Å². The molecule has 25 heavy (non-hydrogen) atoms. The Hall–Kier alpha value is -2.83. The number of carbonyl (C=O) groups is 2. The molecule has 1 aliphatic carbocycles. The number of hydrogen-bond acceptors (Lipinski definition) is 2. The van der Waals surface area contributed by atoms with E-state index in [1.807, 2.05) is 0 Å². The highest BCUT2D eigenvalue weighted by molar-refractivity contribution is 5.95. The number of nitrogens with one attached hydrogen (secondary N) is 2. The lowest BCUT2D eigenvalue weighted by atomic mass is 10.1. The smallest absolute Gasteiger partial charge is 0.243 e. The molecular weight excluding hydrogens is 333 g/mol. The Morgan fingerprint density at radius 3 is 2.40 bits per heavy atom. The van der Waals surface area contributed by atoms with E-state index in [1.54, 1.807) is 0 Å². The second kappa shape index (κ2) is 6.96. The highest BCUT2D eigenvalue weighted by Crippen LogP contribution is 2.47. The van der Waals surface area contributed by atoms with Gasteiger partial charge in [-0.1, -0.05) is 6.07 Å². The second-order valence-corrected chi connectivity index (χ2v) is 5.90. The molecule has 0 aliphatic heterocycles. The maximum absolute atomic E-state index is 13.2. The molecule has 0 bridgehead atoms. The summed E-state index contributed by atoms with van der Waals surface area (Å²) in [5, 5.41) is 5.04. The van der Waals surface area contributed by atoms with Crippen LogP contribution in [0.25, 0.3) is 0 Å². The van der Waals surface area contributed by atoms with Gasteiger partial charge in [0.25, 0.3) is 0 Å². The number of hydrogen-bond donors (Lipinski definition) is 2. The van der Waals surface area contributed by atoms with Crippen molar-refractivity contribution >= 4 is 17.5 Å². The van der Waals surface area contributed by atoms with Crippen LogP contribution in [0.1, 0.15) is 17.9 Å². The molecule has 0 aromatic heterocycles. The van der Waals surface area contributed by atoms with Gasteiger partial charge in [-0.3, -0.25) is 9.59 Å². The van der Waals surface area contributed by atoms with Gasteiger partial charge in [0, 0.05) is 11.6 Å². The predicted octanol–water partition coefficient (Wildman–Crippen LogP) is 2.96. The maximum Gasteiger partial charge on any atom is 0.243 e. The Bertz CT molecular complexity index is 808. The molecule has 1 saturated carbocycles. The van der Waals surface area contributed by atoms with Gasteiger partial charge >= 0.3 is 0 Å². The molecule has 2 atom stereocenters. The Balaban J connectivity index is 1.47. The monoisotopic (exact) mass is 348 g/mol. The van der Waals surface area contributed by atoms with Crippen LogP contribution in [0, 0.1) is 23.4 Å². The van der Waals surface area contributed by atoms with E-state index in [-0.39, 0.29) is 24.3 Å². The van der Waals surface area contributed by atoms with Gasteiger partial charge in [-0.15, -0.1) is 0 Å². The molecule has 4 nitrogen and oxygen atoms in total. The van der Waals surface area contributed by atoms with E-state index in [2.05, 4.69) is 10.6 Å². The third-order valence-electron chi connectivity index (χ3n) is 4.05. The fraction of sp³-hybridized carbons (Fsp3) is 0.222. The third kappa shape index (κ3) is 4.17. The zero-order valence-corrected chi connectivity index (χ0v) is 13.1. The Morgan fingerprint density at radius 1 is 1.00 bits per heavy atom. The number of anilines is 1. The van der Waals surface area contributed by atoms with E-state index in [1.165, 1.54) is 30.3 Å². The van der Waals surface area contributed by atoms with Crippen molar-refractivity contribution in [3.8, 4) is 0 Å². The summed E-state index contributed by atoms with van der Waals surface area (Å²) in [4.78, 5) is 23.8. The molecule has 7 heteroatoms. The van der Waals surface area contributed by atoms with Crippen LogP contribution in [0.2, 0.25) is 0 Å². The molecule has 0 radical (unpaired) electrons. The summed E-state index contributed by atoms with van der Waals surface area (Å²) in [6.45, 7) is -0.225. The SMILES string of the molecule is O=C(CNC(=O)[C@@H]1C[C@@H]1c1ccc(F)c(F)c1)Nc1ccc(F)cc1. The first kappa shape index (κ1) is 17.0. The molecule has 3 rings (SSSR count). The molecule has 0 unspecified atom stereocenters. The quantitative estimate of drug-likeness (QED) is 0.873. The van der Waals surface area contributed by atoms with Crippen molar-refractivity contribution in [2.24, 2.45) is 5.92 Å². The molecule has 0 saturated heterocycles. The van der Waals surface area contributed by atoms with Crippen LogP contribution in [0.5, 0.6) is 0 Å². The number of rotatable bonds is 5. The molecule has 130 valence electrons. The van der Waals surface area contributed by atoms with E-state index < -0.39 is 23.4 Å². The van der Waals surface area contributed by atoms with Gasteiger partial charge in [0.05, 0.1) is 6.54 Å². The average molecular weight is 348 g/mol. The van der Waals surface area contributed by atoms with Crippen molar-refractivity contribution in [3.05, 3.63) is 65.5 Å². The van der Waals surface area contributed by atoms with Crippen LogP contribution in [-0.2, 0) is 9.59 Å². The highest BCUT2D eigenvalue weighted by atomic mass is 19.2. The van der Waals surface area contributed by atoms with E-state index in [4.69, 9.17) is 0 Å². The van der Waals surface area contributed by atoms with Crippen molar-refractivity contribution in [1.82, 2.24) is 5.32 Å². The van der Waals surface area contributed by atoms with Crippen molar-refractivity contribution < 1.29 is 22.8 Å². The summed E-state index contributed by atoms with van der Waals surface area (Å²) in [6.07, 6.45) is 0.524. The van der Waals surface area contributed by atoms with Gasteiger partial charge in [-0.05, 0) is 54.3 Å².